The SMILES string of the molecule is Cc1nc(Nc2ccccc2[N+](=O)[O-])sc1C(=O)CC(=O)C(=O)NC12CC3CC(CC(C3)C1)C2. The standard InChI is InChI=1S/C24H26N4O5S/c1-13-21(34-23(25-13)26-17-4-2-3-5-18(17)28(32)33)19(29)9-20(30)22(31)27-24-10-14-6-15(11-24)8-16(7-14)12-24/h2-5,14-16H,6-12H2,1H3,(H,25,26)(H,27,31). The Morgan fingerprint density at radius 3 is 2.35 bits per heavy atom. The number of aryl methyl sites for hydroxylation is 1. The Balaban J connectivity index is 1.23. The van der Waals surface area contributed by atoms with Crippen LogP contribution < -0.4 is 10.6 Å². The predicted molar refractivity (Wildman–Crippen MR) is 126 cm³/mol. The van der Waals surface area contributed by atoms with Crippen LogP contribution in [0.25, 0.3) is 0 Å². The van der Waals surface area contributed by atoms with Gasteiger partial charge in [-0.1, -0.05) is 23.5 Å². The number of ketones is 2. The molecule has 4 bridgehead atoms. The number of benzene rings is 1. The summed E-state index contributed by atoms with van der Waals surface area (Å²) in [5, 5.41) is 17.4. The molecule has 2 N–H and O–H groups in total. The molecular formula is C24H26N4O5S. The number of aromatic nitrogens is 1. The third kappa shape index (κ3) is 4.34. The Morgan fingerprint density at radius 2 is 1.74 bits per heavy atom. The molecule has 0 aliphatic heterocycles. The molecule has 0 saturated heterocycles. The number of anilines is 2. The van der Waals surface area contributed by atoms with Crippen LogP contribution >= 0.6 is 11.3 Å². The summed E-state index contributed by atoms with van der Waals surface area (Å²) in [6.45, 7) is 1.63. The first-order valence-electron chi connectivity index (χ1n) is 11.6. The molecule has 0 atom stereocenters. The Morgan fingerprint density at radius 1 is 1.12 bits per heavy atom. The van der Waals surface area contributed by atoms with Crippen LogP contribution in [0.2, 0.25) is 0 Å². The number of nitro groups is 1. The molecule has 4 aliphatic carbocycles. The molecule has 1 heterocycles. The van der Waals surface area contributed by atoms with Crippen molar-refractivity contribution in [3.63, 3.8) is 0 Å². The van der Waals surface area contributed by atoms with Crippen LogP contribution in [0.15, 0.2) is 24.3 Å². The van der Waals surface area contributed by atoms with Crippen LogP contribution in [-0.4, -0.2) is 32.9 Å². The maximum atomic E-state index is 12.8. The minimum absolute atomic E-state index is 0.111. The lowest BCUT2D eigenvalue weighted by molar-refractivity contribution is -0.383. The summed E-state index contributed by atoms with van der Waals surface area (Å²) in [5.74, 6) is 0.0206. The van der Waals surface area contributed by atoms with E-state index in [-0.39, 0.29) is 21.8 Å². The van der Waals surface area contributed by atoms with Gasteiger partial charge in [-0.05, 0) is 69.3 Å². The Hall–Kier alpha value is -3.14. The van der Waals surface area contributed by atoms with Crippen molar-refractivity contribution in [3.05, 3.63) is 45.0 Å². The van der Waals surface area contributed by atoms with E-state index in [9.17, 15) is 24.5 Å². The molecule has 0 radical (unpaired) electrons. The van der Waals surface area contributed by atoms with Crippen molar-refractivity contribution in [2.75, 3.05) is 5.32 Å². The van der Waals surface area contributed by atoms with E-state index in [1.165, 1.54) is 25.3 Å². The van der Waals surface area contributed by atoms with Crippen molar-refractivity contribution >= 4 is 45.3 Å². The second-order valence-electron chi connectivity index (χ2n) is 10.0. The van der Waals surface area contributed by atoms with Crippen molar-refractivity contribution < 1.29 is 19.3 Å². The summed E-state index contributed by atoms with van der Waals surface area (Å²) in [7, 11) is 0. The molecule has 1 aromatic carbocycles. The number of hydrogen-bond acceptors (Lipinski definition) is 8. The van der Waals surface area contributed by atoms with Crippen molar-refractivity contribution in [2.45, 2.75) is 57.4 Å². The zero-order valence-corrected chi connectivity index (χ0v) is 19.7. The average Bonchev–Trinajstić information content (AvgIpc) is 3.12. The van der Waals surface area contributed by atoms with E-state index in [1.54, 1.807) is 25.1 Å². The fourth-order valence-electron chi connectivity index (χ4n) is 6.44. The van der Waals surface area contributed by atoms with Gasteiger partial charge in [0.15, 0.2) is 10.9 Å². The summed E-state index contributed by atoms with van der Waals surface area (Å²) in [5.41, 5.74) is 0.267. The van der Waals surface area contributed by atoms with Gasteiger partial charge >= 0.3 is 0 Å². The molecule has 0 spiro atoms. The number of para-hydroxylation sites is 2. The smallest absolute Gasteiger partial charge is 0.292 e. The molecule has 10 heteroatoms. The van der Waals surface area contributed by atoms with Crippen LogP contribution in [0, 0.1) is 34.8 Å². The number of amides is 1. The Labute approximate surface area is 200 Å². The largest absolute Gasteiger partial charge is 0.344 e. The molecule has 6 rings (SSSR count). The number of thiazole rings is 1. The second kappa shape index (κ2) is 8.57. The highest BCUT2D eigenvalue weighted by molar-refractivity contribution is 7.17. The van der Waals surface area contributed by atoms with E-state index in [1.807, 2.05) is 0 Å². The number of carbonyl (C=O) groups excluding carboxylic acids is 3. The fraction of sp³-hybridized carbons (Fsp3) is 0.500. The zero-order chi connectivity index (χ0) is 24.0. The number of rotatable bonds is 8. The lowest BCUT2D eigenvalue weighted by Gasteiger charge is -2.56. The van der Waals surface area contributed by atoms with Crippen LogP contribution in [0.4, 0.5) is 16.5 Å². The molecule has 1 amide bonds. The monoisotopic (exact) mass is 482 g/mol. The normalized spacial score (nSPS) is 26.8. The van der Waals surface area contributed by atoms with Gasteiger partial charge in [-0.3, -0.25) is 24.5 Å². The maximum Gasteiger partial charge on any atom is 0.292 e. The second-order valence-corrected chi connectivity index (χ2v) is 11.0. The number of nitro benzene ring substituents is 1. The molecule has 1 aromatic heterocycles. The first-order valence-corrected chi connectivity index (χ1v) is 12.4. The lowest BCUT2D eigenvalue weighted by Crippen LogP contribution is -2.60. The van der Waals surface area contributed by atoms with E-state index in [0.29, 0.717) is 28.6 Å². The number of hydrogen-bond donors (Lipinski definition) is 2. The van der Waals surface area contributed by atoms with Gasteiger partial charge in [-0.15, -0.1) is 0 Å². The molecule has 34 heavy (non-hydrogen) atoms. The molecule has 4 saturated carbocycles. The lowest BCUT2D eigenvalue weighted by atomic mass is 9.53. The van der Waals surface area contributed by atoms with Crippen molar-refractivity contribution in [1.29, 1.82) is 0 Å². The number of nitrogens with zero attached hydrogens (tertiary/aromatic N) is 2. The summed E-state index contributed by atoms with van der Waals surface area (Å²) in [6.07, 6.45) is 5.96. The Bertz CT molecular complexity index is 1150. The van der Waals surface area contributed by atoms with Crippen LogP contribution in [0.3, 0.4) is 0 Å². The predicted octanol–water partition coefficient (Wildman–Crippen LogP) is 4.33. The van der Waals surface area contributed by atoms with E-state index in [0.717, 1.165) is 30.6 Å². The van der Waals surface area contributed by atoms with Crippen molar-refractivity contribution in [2.24, 2.45) is 17.8 Å². The molecule has 0 unspecified atom stereocenters. The van der Waals surface area contributed by atoms with Gasteiger partial charge in [-0.25, -0.2) is 4.98 Å². The van der Waals surface area contributed by atoms with E-state index >= 15 is 0 Å². The van der Waals surface area contributed by atoms with Crippen LogP contribution in [-0.2, 0) is 9.59 Å². The van der Waals surface area contributed by atoms with Gasteiger partial charge in [-0.2, -0.15) is 0 Å². The van der Waals surface area contributed by atoms with E-state index in [4.69, 9.17) is 0 Å². The fourth-order valence-corrected chi connectivity index (χ4v) is 7.36. The highest BCUT2D eigenvalue weighted by Gasteiger charge is 2.51. The van der Waals surface area contributed by atoms with Crippen molar-refractivity contribution in [1.82, 2.24) is 10.3 Å². The first kappa shape index (κ1) is 22.6. The van der Waals surface area contributed by atoms with Gasteiger partial charge < -0.3 is 10.6 Å². The molecule has 4 aliphatic rings. The minimum atomic E-state index is -0.734. The molecule has 9 nitrogen and oxygen atoms in total. The summed E-state index contributed by atoms with van der Waals surface area (Å²) in [4.78, 5) is 53.4. The third-order valence-electron chi connectivity index (χ3n) is 7.38. The van der Waals surface area contributed by atoms with Gasteiger partial charge in [0, 0.05) is 11.6 Å². The number of nitrogens with one attached hydrogen (secondary N) is 2. The number of Topliss-reactive ketones (excluding diaryl/α,β-unsaturated/α-hetero) is 2. The van der Waals surface area contributed by atoms with Gasteiger partial charge in [0.05, 0.1) is 21.9 Å². The minimum Gasteiger partial charge on any atom is -0.344 e. The molecular weight excluding hydrogens is 456 g/mol. The highest BCUT2D eigenvalue weighted by Crippen LogP contribution is 2.55. The highest BCUT2D eigenvalue weighted by atomic mass is 32.1. The maximum absolute atomic E-state index is 12.8. The topological polar surface area (TPSA) is 131 Å². The first-order chi connectivity index (χ1) is 16.2. The molecule has 4 fully saturated rings. The average molecular weight is 483 g/mol. The third-order valence-corrected chi connectivity index (χ3v) is 8.50. The number of carbonyl (C=O) groups is 3. The van der Waals surface area contributed by atoms with Crippen LogP contribution in [0.5, 0.6) is 0 Å². The summed E-state index contributed by atoms with van der Waals surface area (Å²) in [6, 6.07) is 6.14. The van der Waals surface area contributed by atoms with Crippen LogP contribution in [0.1, 0.15) is 60.3 Å². The molecule has 178 valence electrons. The van der Waals surface area contributed by atoms with E-state index in [2.05, 4.69) is 15.6 Å². The molecule has 2 aromatic rings. The summed E-state index contributed by atoms with van der Waals surface area (Å²) < 4.78 is 0. The van der Waals surface area contributed by atoms with Crippen molar-refractivity contribution in [3.8, 4) is 0 Å². The quantitative estimate of drug-likeness (QED) is 0.188. The Kier molecular flexibility index (Phi) is 5.71. The van der Waals surface area contributed by atoms with Gasteiger partial charge in [0.2, 0.25) is 5.78 Å². The van der Waals surface area contributed by atoms with E-state index < -0.39 is 28.8 Å². The summed E-state index contributed by atoms with van der Waals surface area (Å²) >= 11 is 1.01. The zero-order valence-electron chi connectivity index (χ0n) is 18.8. The van der Waals surface area contributed by atoms with Gasteiger partial charge in [0.1, 0.15) is 5.69 Å². The van der Waals surface area contributed by atoms with Gasteiger partial charge in [0.25, 0.3) is 11.6 Å².